The molecule has 3 aromatic rings. The van der Waals surface area contributed by atoms with E-state index in [0.29, 0.717) is 21.9 Å². The Balaban J connectivity index is 1.89. The van der Waals surface area contributed by atoms with Crippen LogP contribution in [0.4, 0.5) is 10.7 Å². The number of hydrogen-bond donors (Lipinski definition) is 1. The average molecular weight is 489 g/mol. The number of carbonyl (C=O) groups excluding carboxylic acids is 2. The number of aryl methyl sites for hydroxylation is 1. The number of hydrogen-bond acceptors (Lipinski definition) is 7. The zero-order chi connectivity index (χ0) is 24.1. The van der Waals surface area contributed by atoms with E-state index >= 15 is 0 Å². The van der Waals surface area contributed by atoms with Gasteiger partial charge in [-0.3, -0.25) is 14.9 Å². The zero-order valence-corrected chi connectivity index (χ0v) is 19.7. The number of benzene rings is 2. The number of halogens is 1. The lowest BCUT2D eigenvalue weighted by atomic mass is 10.0. The van der Waals surface area contributed by atoms with Gasteiger partial charge in [0.25, 0.3) is 11.6 Å². The summed E-state index contributed by atoms with van der Waals surface area (Å²) in [6, 6.07) is 11.0. The van der Waals surface area contributed by atoms with Crippen molar-refractivity contribution in [1.82, 2.24) is 0 Å². The van der Waals surface area contributed by atoms with Gasteiger partial charge in [0.2, 0.25) is 0 Å². The Kier molecular flexibility index (Phi) is 7.67. The highest BCUT2D eigenvalue weighted by Gasteiger charge is 2.25. The molecule has 0 spiro atoms. The summed E-state index contributed by atoms with van der Waals surface area (Å²) in [5.74, 6) is -0.601. The van der Waals surface area contributed by atoms with Gasteiger partial charge in [0, 0.05) is 28.1 Å². The van der Waals surface area contributed by atoms with Crippen molar-refractivity contribution in [2.24, 2.45) is 0 Å². The monoisotopic (exact) mass is 488 g/mol. The van der Waals surface area contributed by atoms with Crippen molar-refractivity contribution in [3.05, 3.63) is 74.1 Å². The van der Waals surface area contributed by atoms with E-state index in [2.05, 4.69) is 5.32 Å². The summed E-state index contributed by atoms with van der Waals surface area (Å²) in [6.07, 6.45) is -0.872. The third kappa shape index (κ3) is 5.68. The Morgan fingerprint density at radius 3 is 2.67 bits per heavy atom. The fraction of sp³-hybridized carbons (Fsp3) is 0.217. The Hall–Kier alpha value is -3.43. The number of nitro benzene ring substituents is 1. The Morgan fingerprint density at radius 2 is 2.00 bits per heavy atom. The number of nitrogens with one attached hydrogen (secondary N) is 1. The number of anilines is 1. The summed E-state index contributed by atoms with van der Waals surface area (Å²) in [7, 11) is 0. The SMILES string of the molecule is CCOC(=O)c1c(-c2cccc([N+](=O)[O-])c2)csc1NC(=O)C(C)Oc1ccc(Cl)cc1C. The molecule has 3 rings (SSSR count). The summed E-state index contributed by atoms with van der Waals surface area (Å²) in [4.78, 5) is 36.2. The average Bonchev–Trinajstić information content (AvgIpc) is 3.19. The minimum Gasteiger partial charge on any atom is -0.481 e. The predicted molar refractivity (Wildman–Crippen MR) is 127 cm³/mol. The number of nitro groups is 1. The normalized spacial score (nSPS) is 11.5. The number of rotatable bonds is 8. The molecule has 0 aliphatic rings. The summed E-state index contributed by atoms with van der Waals surface area (Å²) >= 11 is 7.08. The highest BCUT2D eigenvalue weighted by molar-refractivity contribution is 7.15. The van der Waals surface area contributed by atoms with Crippen molar-refractivity contribution in [3.8, 4) is 16.9 Å². The van der Waals surface area contributed by atoms with Gasteiger partial charge in [-0.1, -0.05) is 23.7 Å². The zero-order valence-electron chi connectivity index (χ0n) is 18.1. The number of amides is 1. The van der Waals surface area contributed by atoms with Gasteiger partial charge in [0.15, 0.2) is 6.10 Å². The van der Waals surface area contributed by atoms with E-state index in [4.69, 9.17) is 21.1 Å². The second-order valence-corrected chi connectivity index (χ2v) is 8.36. The van der Waals surface area contributed by atoms with Crippen LogP contribution in [0.5, 0.6) is 5.75 Å². The van der Waals surface area contributed by atoms with E-state index in [1.165, 1.54) is 18.2 Å². The smallest absolute Gasteiger partial charge is 0.341 e. The molecule has 2 aromatic carbocycles. The molecule has 1 heterocycles. The minimum atomic E-state index is -0.872. The lowest BCUT2D eigenvalue weighted by Gasteiger charge is -2.16. The molecule has 1 atom stereocenters. The van der Waals surface area contributed by atoms with Gasteiger partial charge in [0.05, 0.1) is 11.5 Å². The van der Waals surface area contributed by atoms with Crippen molar-refractivity contribution in [1.29, 1.82) is 0 Å². The molecule has 0 saturated carbocycles. The molecular weight excluding hydrogens is 468 g/mol. The van der Waals surface area contributed by atoms with Gasteiger partial charge in [-0.2, -0.15) is 0 Å². The van der Waals surface area contributed by atoms with E-state index in [-0.39, 0.29) is 22.9 Å². The van der Waals surface area contributed by atoms with E-state index < -0.39 is 22.9 Å². The molecule has 0 aliphatic carbocycles. The van der Waals surface area contributed by atoms with Crippen LogP contribution in [0.2, 0.25) is 5.02 Å². The summed E-state index contributed by atoms with van der Waals surface area (Å²) in [6.45, 7) is 5.20. The molecule has 0 fully saturated rings. The standard InChI is InChI=1S/C23H21ClN2O6S/c1-4-31-23(28)20-18(15-6-5-7-17(11-15)26(29)30)12-33-22(20)25-21(27)14(3)32-19-9-8-16(24)10-13(19)2/h5-12,14H,4H2,1-3H3,(H,25,27). The van der Waals surface area contributed by atoms with Crippen LogP contribution in [0, 0.1) is 17.0 Å². The molecule has 1 N–H and O–H groups in total. The maximum atomic E-state index is 12.8. The van der Waals surface area contributed by atoms with Gasteiger partial charge in [-0.05, 0) is 50.1 Å². The van der Waals surface area contributed by atoms with E-state index in [9.17, 15) is 19.7 Å². The van der Waals surface area contributed by atoms with E-state index in [0.717, 1.165) is 16.9 Å². The minimum absolute atomic E-state index is 0.112. The lowest BCUT2D eigenvalue weighted by molar-refractivity contribution is -0.384. The second-order valence-electron chi connectivity index (χ2n) is 7.04. The molecule has 172 valence electrons. The number of esters is 1. The van der Waals surface area contributed by atoms with Crippen molar-refractivity contribution in [2.75, 3.05) is 11.9 Å². The maximum Gasteiger partial charge on any atom is 0.341 e. The highest BCUT2D eigenvalue weighted by Crippen LogP contribution is 2.37. The van der Waals surface area contributed by atoms with Crippen LogP contribution in [0.25, 0.3) is 11.1 Å². The quantitative estimate of drug-likeness (QED) is 0.241. The number of carbonyl (C=O) groups is 2. The summed E-state index contributed by atoms with van der Waals surface area (Å²) in [5, 5.41) is 16.4. The molecule has 1 amide bonds. The highest BCUT2D eigenvalue weighted by atomic mass is 35.5. The largest absolute Gasteiger partial charge is 0.481 e. The van der Waals surface area contributed by atoms with Crippen LogP contribution in [0.3, 0.4) is 0 Å². The van der Waals surface area contributed by atoms with Crippen molar-refractivity contribution < 1.29 is 24.0 Å². The van der Waals surface area contributed by atoms with E-state index in [1.807, 2.05) is 6.92 Å². The van der Waals surface area contributed by atoms with Crippen LogP contribution >= 0.6 is 22.9 Å². The molecule has 1 unspecified atom stereocenters. The molecule has 0 saturated heterocycles. The summed E-state index contributed by atoms with van der Waals surface area (Å²) < 4.78 is 10.9. The molecule has 0 bridgehead atoms. The van der Waals surface area contributed by atoms with Gasteiger partial charge in [0.1, 0.15) is 16.3 Å². The molecule has 0 radical (unpaired) electrons. The molecule has 33 heavy (non-hydrogen) atoms. The maximum absolute atomic E-state index is 12.8. The fourth-order valence-electron chi connectivity index (χ4n) is 3.06. The van der Waals surface area contributed by atoms with Gasteiger partial charge >= 0.3 is 5.97 Å². The molecule has 10 heteroatoms. The van der Waals surface area contributed by atoms with Crippen molar-refractivity contribution in [3.63, 3.8) is 0 Å². The Morgan fingerprint density at radius 1 is 1.24 bits per heavy atom. The summed E-state index contributed by atoms with van der Waals surface area (Å²) in [5.41, 5.74) is 1.69. The number of non-ortho nitro benzene ring substituents is 1. The Labute approximate surface area is 199 Å². The van der Waals surface area contributed by atoms with Gasteiger partial charge < -0.3 is 14.8 Å². The van der Waals surface area contributed by atoms with Crippen LogP contribution in [0.1, 0.15) is 29.8 Å². The third-order valence-corrected chi connectivity index (χ3v) is 5.82. The van der Waals surface area contributed by atoms with Crippen LogP contribution < -0.4 is 10.1 Å². The van der Waals surface area contributed by atoms with Crippen LogP contribution in [0.15, 0.2) is 47.8 Å². The predicted octanol–water partition coefficient (Wildman–Crippen LogP) is 5.87. The van der Waals surface area contributed by atoms with Gasteiger partial charge in [-0.15, -0.1) is 11.3 Å². The topological polar surface area (TPSA) is 108 Å². The first-order chi connectivity index (χ1) is 15.7. The third-order valence-electron chi connectivity index (χ3n) is 4.69. The lowest BCUT2D eigenvalue weighted by Crippen LogP contribution is -2.30. The Bertz CT molecular complexity index is 1210. The molecule has 1 aromatic heterocycles. The first kappa shape index (κ1) is 24.2. The van der Waals surface area contributed by atoms with Crippen molar-refractivity contribution >= 4 is 45.5 Å². The van der Waals surface area contributed by atoms with Crippen LogP contribution in [-0.4, -0.2) is 29.5 Å². The van der Waals surface area contributed by atoms with Crippen molar-refractivity contribution in [2.45, 2.75) is 26.9 Å². The fourth-order valence-corrected chi connectivity index (χ4v) is 4.24. The van der Waals surface area contributed by atoms with E-state index in [1.54, 1.807) is 43.5 Å². The number of nitrogens with zero attached hydrogens (tertiary/aromatic N) is 1. The number of ether oxygens (including phenoxy) is 2. The molecule has 8 nitrogen and oxygen atoms in total. The molecule has 0 aliphatic heterocycles. The van der Waals surface area contributed by atoms with Gasteiger partial charge in [-0.25, -0.2) is 4.79 Å². The first-order valence-corrected chi connectivity index (χ1v) is 11.2. The second kappa shape index (κ2) is 10.5. The molecular formula is C23H21ClN2O6S. The van der Waals surface area contributed by atoms with Crippen LogP contribution in [-0.2, 0) is 9.53 Å². The first-order valence-electron chi connectivity index (χ1n) is 9.98. The number of thiophene rings is 1.